The van der Waals surface area contributed by atoms with Gasteiger partial charge in [0.1, 0.15) is 29.6 Å². The molecule has 4 nitrogen and oxygen atoms in total. The molecular formula is C17H23NO3. The van der Waals surface area contributed by atoms with Crippen molar-refractivity contribution in [2.24, 2.45) is 0 Å². The third kappa shape index (κ3) is 4.53. The van der Waals surface area contributed by atoms with Crippen molar-refractivity contribution in [2.45, 2.75) is 33.4 Å². The van der Waals surface area contributed by atoms with Crippen LogP contribution in [0.25, 0.3) is 0 Å². The minimum absolute atomic E-state index is 0.508. The fraction of sp³-hybridized carbons (Fsp3) is 0.412. The van der Waals surface area contributed by atoms with Crippen molar-refractivity contribution in [2.75, 3.05) is 13.7 Å². The minimum Gasteiger partial charge on any atom is -0.494 e. The van der Waals surface area contributed by atoms with Gasteiger partial charge in [-0.2, -0.15) is 0 Å². The first-order valence-electron chi connectivity index (χ1n) is 7.31. The number of aryl methyl sites for hydroxylation is 1. The number of hydrogen-bond donors (Lipinski definition) is 1. The van der Waals surface area contributed by atoms with Crippen LogP contribution in [-0.4, -0.2) is 13.7 Å². The number of nitrogens with one attached hydrogen (secondary N) is 1. The zero-order chi connectivity index (χ0) is 15.1. The average molecular weight is 289 g/mol. The van der Waals surface area contributed by atoms with E-state index in [0.717, 1.165) is 48.2 Å². The third-order valence-electron chi connectivity index (χ3n) is 3.11. The second-order valence-corrected chi connectivity index (χ2v) is 4.93. The predicted molar refractivity (Wildman–Crippen MR) is 82.8 cm³/mol. The summed E-state index contributed by atoms with van der Waals surface area (Å²) in [5.74, 6) is 3.54. The van der Waals surface area contributed by atoms with Crippen LogP contribution < -0.4 is 14.8 Å². The molecule has 0 aliphatic rings. The van der Waals surface area contributed by atoms with E-state index in [0.29, 0.717) is 6.61 Å². The topological polar surface area (TPSA) is 43.6 Å². The normalized spacial score (nSPS) is 10.6. The number of benzene rings is 1. The van der Waals surface area contributed by atoms with Gasteiger partial charge in [0.2, 0.25) is 0 Å². The molecule has 0 atom stereocenters. The van der Waals surface area contributed by atoms with Gasteiger partial charge in [0.25, 0.3) is 0 Å². The van der Waals surface area contributed by atoms with Crippen LogP contribution in [0.15, 0.2) is 34.7 Å². The van der Waals surface area contributed by atoms with Crippen LogP contribution in [0.1, 0.15) is 30.4 Å². The highest BCUT2D eigenvalue weighted by molar-refractivity contribution is 5.31. The number of hydrogen-bond acceptors (Lipinski definition) is 4. The maximum atomic E-state index is 5.79. The largest absolute Gasteiger partial charge is 0.494 e. The summed E-state index contributed by atoms with van der Waals surface area (Å²) in [6.45, 7) is 6.02. The summed E-state index contributed by atoms with van der Waals surface area (Å²) >= 11 is 0. The van der Waals surface area contributed by atoms with Crippen molar-refractivity contribution in [1.82, 2.24) is 5.32 Å². The highest BCUT2D eigenvalue weighted by Gasteiger charge is 2.07. The first-order chi connectivity index (χ1) is 10.2. The summed E-state index contributed by atoms with van der Waals surface area (Å²) in [5, 5.41) is 3.07. The standard InChI is InChI=1S/C17H23NO3/c1-4-9-19-15-5-7-16(8-6-15)20-12-14-10-17(11-18-3)21-13(14)2/h5-8,10,18H,4,9,11-12H2,1-3H3. The van der Waals surface area contributed by atoms with Gasteiger partial charge in [-0.1, -0.05) is 6.92 Å². The van der Waals surface area contributed by atoms with Crippen LogP contribution >= 0.6 is 0 Å². The number of ether oxygens (including phenoxy) is 2. The zero-order valence-corrected chi connectivity index (χ0v) is 12.9. The highest BCUT2D eigenvalue weighted by Crippen LogP contribution is 2.21. The molecule has 0 aliphatic heterocycles. The van der Waals surface area contributed by atoms with Gasteiger partial charge in [0, 0.05) is 5.56 Å². The lowest BCUT2D eigenvalue weighted by atomic mass is 10.2. The van der Waals surface area contributed by atoms with Gasteiger partial charge in [-0.25, -0.2) is 0 Å². The van der Waals surface area contributed by atoms with E-state index < -0.39 is 0 Å². The van der Waals surface area contributed by atoms with Crippen molar-refractivity contribution in [3.8, 4) is 11.5 Å². The quantitative estimate of drug-likeness (QED) is 0.805. The van der Waals surface area contributed by atoms with E-state index in [1.807, 2.05) is 44.3 Å². The smallest absolute Gasteiger partial charge is 0.120 e. The highest BCUT2D eigenvalue weighted by atomic mass is 16.5. The Morgan fingerprint density at radius 2 is 1.76 bits per heavy atom. The zero-order valence-electron chi connectivity index (χ0n) is 12.9. The second-order valence-electron chi connectivity index (χ2n) is 4.93. The average Bonchev–Trinajstić information content (AvgIpc) is 2.84. The molecule has 0 saturated heterocycles. The van der Waals surface area contributed by atoms with Crippen molar-refractivity contribution in [3.05, 3.63) is 47.4 Å². The van der Waals surface area contributed by atoms with Crippen molar-refractivity contribution >= 4 is 0 Å². The molecule has 0 radical (unpaired) electrons. The van der Waals surface area contributed by atoms with Gasteiger partial charge < -0.3 is 19.2 Å². The fourth-order valence-corrected chi connectivity index (χ4v) is 2.01. The van der Waals surface area contributed by atoms with Gasteiger partial charge in [0.05, 0.1) is 13.2 Å². The summed E-state index contributed by atoms with van der Waals surface area (Å²) < 4.78 is 17.0. The lowest BCUT2D eigenvalue weighted by Gasteiger charge is -2.07. The van der Waals surface area contributed by atoms with Crippen LogP contribution in [0.5, 0.6) is 11.5 Å². The molecule has 0 saturated carbocycles. The van der Waals surface area contributed by atoms with Crippen LogP contribution in [0, 0.1) is 6.92 Å². The lowest BCUT2D eigenvalue weighted by molar-refractivity contribution is 0.299. The molecule has 0 spiro atoms. The first-order valence-corrected chi connectivity index (χ1v) is 7.31. The maximum absolute atomic E-state index is 5.79. The fourth-order valence-electron chi connectivity index (χ4n) is 2.01. The summed E-state index contributed by atoms with van der Waals surface area (Å²) in [4.78, 5) is 0. The van der Waals surface area contributed by atoms with Gasteiger partial charge in [-0.15, -0.1) is 0 Å². The Balaban J connectivity index is 1.90. The van der Waals surface area contributed by atoms with Gasteiger partial charge in [0.15, 0.2) is 0 Å². The summed E-state index contributed by atoms with van der Waals surface area (Å²) in [6, 6.07) is 9.74. The van der Waals surface area contributed by atoms with E-state index in [9.17, 15) is 0 Å². The molecule has 1 N–H and O–H groups in total. The van der Waals surface area contributed by atoms with E-state index in [-0.39, 0.29) is 0 Å². The Morgan fingerprint density at radius 3 is 2.38 bits per heavy atom. The van der Waals surface area contributed by atoms with E-state index in [4.69, 9.17) is 13.9 Å². The van der Waals surface area contributed by atoms with Crippen molar-refractivity contribution in [1.29, 1.82) is 0 Å². The Morgan fingerprint density at radius 1 is 1.10 bits per heavy atom. The number of rotatable bonds is 8. The Labute approximate surface area is 126 Å². The summed E-state index contributed by atoms with van der Waals surface area (Å²) in [5.41, 5.74) is 1.08. The van der Waals surface area contributed by atoms with E-state index in [2.05, 4.69) is 12.2 Å². The minimum atomic E-state index is 0.508. The monoisotopic (exact) mass is 289 g/mol. The van der Waals surface area contributed by atoms with Gasteiger partial charge >= 0.3 is 0 Å². The van der Waals surface area contributed by atoms with Crippen LogP contribution in [-0.2, 0) is 13.2 Å². The molecule has 2 rings (SSSR count). The SMILES string of the molecule is CCCOc1ccc(OCc2cc(CNC)oc2C)cc1. The van der Waals surface area contributed by atoms with Crippen LogP contribution in [0.2, 0.25) is 0 Å². The number of furan rings is 1. The van der Waals surface area contributed by atoms with Gasteiger partial charge in [-0.3, -0.25) is 0 Å². The molecule has 0 fully saturated rings. The van der Waals surface area contributed by atoms with E-state index >= 15 is 0 Å². The summed E-state index contributed by atoms with van der Waals surface area (Å²) in [6.07, 6.45) is 1.01. The Kier molecular flexibility index (Phi) is 5.69. The second kappa shape index (κ2) is 7.74. The molecule has 114 valence electrons. The Hall–Kier alpha value is -1.94. The third-order valence-corrected chi connectivity index (χ3v) is 3.11. The van der Waals surface area contributed by atoms with Crippen molar-refractivity contribution in [3.63, 3.8) is 0 Å². The Bertz CT molecular complexity index is 546. The van der Waals surface area contributed by atoms with Crippen molar-refractivity contribution < 1.29 is 13.9 Å². The molecule has 1 heterocycles. The molecule has 2 aromatic rings. The first kappa shape index (κ1) is 15.4. The molecule has 0 aliphatic carbocycles. The molecular weight excluding hydrogens is 266 g/mol. The lowest BCUT2D eigenvalue weighted by Crippen LogP contribution is -2.03. The molecule has 4 heteroatoms. The molecule has 0 amide bonds. The molecule has 1 aromatic carbocycles. The predicted octanol–water partition coefficient (Wildman–Crippen LogP) is 3.68. The summed E-state index contributed by atoms with van der Waals surface area (Å²) in [7, 11) is 1.90. The molecule has 0 bridgehead atoms. The van der Waals surface area contributed by atoms with Crippen LogP contribution in [0.4, 0.5) is 0 Å². The van der Waals surface area contributed by atoms with E-state index in [1.165, 1.54) is 0 Å². The maximum Gasteiger partial charge on any atom is 0.120 e. The molecule has 21 heavy (non-hydrogen) atoms. The molecule has 1 aromatic heterocycles. The van der Waals surface area contributed by atoms with Crippen LogP contribution in [0.3, 0.4) is 0 Å². The molecule has 0 unspecified atom stereocenters. The van der Waals surface area contributed by atoms with Gasteiger partial charge in [-0.05, 0) is 50.7 Å². The van der Waals surface area contributed by atoms with E-state index in [1.54, 1.807) is 0 Å².